The Kier molecular flexibility index (Phi) is 5.41. The first-order valence-corrected chi connectivity index (χ1v) is 9.63. The van der Waals surface area contributed by atoms with E-state index in [2.05, 4.69) is 43.9 Å². The molecule has 0 aromatic heterocycles. The second-order valence-corrected chi connectivity index (χ2v) is 8.24. The molecule has 1 fully saturated rings. The molecule has 0 aliphatic heterocycles. The van der Waals surface area contributed by atoms with E-state index in [0.29, 0.717) is 0 Å². The lowest BCUT2D eigenvalue weighted by Gasteiger charge is -2.37. The summed E-state index contributed by atoms with van der Waals surface area (Å²) in [5.74, 6) is 0.882. The zero-order valence-electron chi connectivity index (χ0n) is 16.9. The first-order valence-electron chi connectivity index (χ1n) is 9.63. The maximum Gasteiger partial charge on any atom is 0.119 e. The van der Waals surface area contributed by atoms with Crippen LogP contribution in [0.25, 0.3) is 0 Å². The molecule has 0 bridgehead atoms. The Morgan fingerprint density at radius 2 is 1.81 bits per heavy atom. The van der Waals surface area contributed by atoms with Crippen molar-refractivity contribution in [3.8, 4) is 5.75 Å². The van der Waals surface area contributed by atoms with Crippen molar-refractivity contribution >= 4 is 17.1 Å². The highest BCUT2D eigenvalue weighted by Gasteiger charge is 2.34. The first-order chi connectivity index (χ1) is 12.8. The molecular formula is C24H30N2O. The van der Waals surface area contributed by atoms with Crippen molar-refractivity contribution in [2.24, 2.45) is 0 Å². The molecule has 3 nitrogen and oxygen atoms in total. The van der Waals surface area contributed by atoms with E-state index in [-0.39, 0.29) is 11.5 Å². The van der Waals surface area contributed by atoms with Crippen LogP contribution in [0.5, 0.6) is 5.75 Å². The van der Waals surface area contributed by atoms with E-state index in [0.717, 1.165) is 47.7 Å². The highest BCUT2D eigenvalue weighted by molar-refractivity contribution is 5.86. The number of anilines is 2. The number of nitrogens with one attached hydrogen (secondary N) is 2. The van der Waals surface area contributed by atoms with Crippen LogP contribution < -0.4 is 10.1 Å². The third-order valence-corrected chi connectivity index (χ3v) is 5.20. The van der Waals surface area contributed by atoms with Crippen molar-refractivity contribution in [3.05, 3.63) is 65.7 Å². The number of rotatable bonds is 5. The monoisotopic (exact) mass is 362 g/mol. The molecule has 0 heterocycles. The highest BCUT2D eigenvalue weighted by atomic mass is 16.5. The van der Waals surface area contributed by atoms with Crippen LogP contribution in [0.15, 0.2) is 54.6 Å². The van der Waals surface area contributed by atoms with Gasteiger partial charge in [-0.1, -0.05) is 31.2 Å². The molecule has 1 saturated carbocycles. The number of allylic oxidation sites excluding steroid dienone is 1. The van der Waals surface area contributed by atoms with Crippen molar-refractivity contribution in [2.45, 2.75) is 58.5 Å². The molecule has 142 valence electrons. The van der Waals surface area contributed by atoms with Crippen LogP contribution in [-0.2, 0) is 5.41 Å². The molecule has 27 heavy (non-hydrogen) atoms. The summed E-state index contributed by atoms with van der Waals surface area (Å²) in [6.45, 7) is 12.7. The molecule has 2 N–H and O–H groups in total. The van der Waals surface area contributed by atoms with Crippen molar-refractivity contribution in [1.82, 2.24) is 0 Å². The van der Waals surface area contributed by atoms with E-state index < -0.39 is 0 Å². The fraction of sp³-hybridized carbons (Fsp3) is 0.375. The van der Waals surface area contributed by atoms with Gasteiger partial charge in [-0.05, 0) is 75.1 Å². The van der Waals surface area contributed by atoms with Crippen molar-refractivity contribution in [2.75, 3.05) is 5.32 Å². The molecule has 1 unspecified atom stereocenters. The lowest BCUT2D eigenvalue weighted by molar-refractivity contribution is 0.242. The Labute approximate surface area is 163 Å². The lowest BCUT2D eigenvalue weighted by Crippen LogP contribution is -2.31. The predicted octanol–water partition coefficient (Wildman–Crippen LogP) is 6.54. The molecule has 0 radical (unpaired) electrons. The number of benzene rings is 2. The quantitative estimate of drug-likeness (QED) is 0.593. The zero-order chi connectivity index (χ0) is 19.6. The first kappa shape index (κ1) is 19.2. The third kappa shape index (κ3) is 4.41. The van der Waals surface area contributed by atoms with Crippen LogP contribution in [0.3, 0.4) is 0 Å². The van der Waals surface area contributed by atoms with E-state index in [1.54, 1.807) is 0 Å². The molecule has 1 atom stereocenters. The van der Waals surface area contributed by atoms with Gasteiger partial charge in [0.15, 0.2) is 0 Å². The molecule has 0 spiro atoms. The van der Waals surface area contributed by atoms with Crippen LogP contribution in [0.4, 0.5) is 11.4 Å². The smallest absolute Gasteiger partial charge is 0.119 e. The van der Waals surface area contributed by atoms with Gasteiger partial charge in [0.2, 0.25) is 0 Å². The summed E-state index contributed by atoms with van der Waals surface area (Å²) in [6.07, 6.45) is 2.67. The summed E-state index contributed by atoms with van der Waals surface area (Å²) in [4.78, 5) is 0. The summed E-state index contributed by atoms with van der Waals surface area (Å²) < 4.78 is 5.72. The number of hydrogen-bond acceptors (Lipinski definition) is 3. The van der Waals surface area contributed by atoms with Gasteiger partial charge in [0.25, 0.3) is 0 Å². The van der Waals surface area contributed by atoms with E-state index in [4.69, 9.17) is 10.1 Å². The standard InChI is InChI=1S/C24H30N2O/c1-16(2)27-21-11-9-20(10-12-21)26-23-8-6-7-22(18(23)4)24(5)14-17(3)13-19(25)15-24/h6-12,16,25-26H,3,13-15H2,1-2,4-5H3. The maximum atomic E-state index is 8.21. The van der Waals surface area contributed by atoms with Gasteiger partial charge < -0.3 is 15.5 Å². The van der Waals surface area contributed by atoms with Gasteiger partial charge in [-0.15, -0.1) is 0 Å². The van der Waals surface area contributed by atoms with E-state index in [1.165, 1.54) is 11.1 Å². The van der Waals surface area contributed by atoms with Gasteiger partial charge in [0, 0.05) is 28.9 Å². The summed E-state index contributed by atoms with van der Waals surface area (Å²) in [5, 5.41) is 11.7. The van der Waals surface area contributed by atoms with E-state index in [1.807, 2.05) is 38.1 Å². The predicted molar refractivity (Wildman–Crippen MR) is 115 cm³/mol. The zero-order valence-corrected chi connectivity index (χ0v) is 16.9. The fourth-order valence-corrected chi connectivity index (χ4v) is 4.17. The Bertz CT molecular complexity index is 833. The van der Waals surface area contributed by atoms with Gasteiger partial charge in [0.1, 0.15) is 5.75 Å². The van der Waals surface area contributed by atoms with Crippen LogP contribution in [-0.4, -0.2) is 11.8 Å². The fourth-order valence-electron chi connectivity index (χ4n) is 4.17. The van der Waals surface area contributed by atoms with Crippen LogP contribution in [0, 0.1) is 12.3 Å². The second-order valence-electron chi connectivity index (χ2n) is 8.24. The summed E-state index contributed by atoms with van der Waals surface area (Å²) in [6, 6.07) is 14.5. The lowest BCUT2D eigenvalue weighted by atomic mass is 9.67. The summed E-state index contributed by atoms with van der Waals surface area (Å²) in [5.41, 5.74) is 6.58. The number of ether oxygens (including phenoxy) is 1. The Morgan fingerprint density at radius 3 is 2.44 bits per heavy atom. The maximum absolute atomic E-state index is 8.21. The minimum Gasteiger partial charge on any atom is -0.491 e. The average molecular weight is 363 g/mol. The van der Waals surface area contributed by atoms with Crippen LogP contribution in [0.2, 0.25) is 0 Å². The minimum atomic E-state index is -0.0524. The molecule has 0 amide bonds. The van der Waals surface area contributed by atoms with Gasteiger partial charge in [0.05, 0.1) is 6.10 Å². The Morgan fingerprint density at radius 1 is 1.11 bits per heavy atom. The molecule has 1 aliphatic carbocycles. The number of hydrogen-bond donors (Lipinski definition) is 2. The van der Waals surface area contributed by atoms with Crippen molar-refractivity contribution in [1.29, 1.82) is 5.41 Å². The molecule has 3 heteroatoms. The summed E-state index contributed by atoms with van der Waals surface area (Å²) in [7, 11) is 0. The van der Waals surface area contributed by atoms with E-state index >= 15 is 0 Å². The molecule has 2 aromatic rings. The molecule has 1 aliphatic rings. The van der Waals surface area contributed by atoms with Crippen molar-refractivity contribution in [3.63, 3.8) is 0 Å². The topological polar surface area (TPSA) is 45.1 Å². The van der Waals surface area contributed by atoms with Crippen LogP contribution in [0.1, 0.15) is 51.2 Å². The molecular weight excluding hydrogens is 332 g/mol. The largest absolute Gasteiger partial charge is 0.491 e. The SMILES string of the molecule is C=C1CC(=N)CC(C)(c2cccc(Nc3ccc(OC(C)C)cc3)c2C)C1. The van der Waals surface area contributed by atoms with Gasteiger partial charge in [-0.2, -0.15) is 0 Å². The van der Waals surface area contributed by atoms with Crippen LogP contribution >= 0.6 is 0 Å². The highest BCUT2D eigenvalue weighted by Crippen LogP contribution is 2.42. The molecule has 2 aromatic carbocycles. The van der Waals surface area contributed by atoms with E-state index in [9.17, 15) is 0 Å². The van der Waals surface area contributed by atoms with Gasteiger partial charge in [-0.25, -0.2) is 0 Å². The average Bonchev–Trinajstić information content (AvgIpc) is 2.56. The minimum absolute atomic E-state index is 0.0524. The summed E-state index contributed by atoms with van der Waals surface area (Å²) >= 11 is 0. The third-order valence-electron chi connectivity index (χ3n) is 5.20. The van der Waals surface area contributed by atoms with Gasteiger partial charge >= 0.3 is 0 Å². The second kappa shape index (κ2) is 7.59. The Hall–Kier alpha value is -2.55. The van der Waals surface area contributed by atoms with Crippen molar-refractivity contribution < 1.29 is 4.74 Å². The molecule has 0 saturated heterocycles. The normalized spacial score (nSPS) is 20.0. The van der Waals surface area contributed by atoms with Gasteiger partial charge in [-0.3, -0.25) is 0 Å². The Balaban J connectivity index is 1.85. The molecule has 3 rings (SSSR count).